The standard InChI is InChI=1S/C9H5FN.C3H7.Y/c10-8-4-3-7-2-1-5-11-9(7)6-8;1-3-2;/h1-4,6H;3H,1-2H3;/q2*-1;. The number of hydrogen-bond donors (Lipinski definition) is 0. The van der Waals surface area contributed by atoms with Crippen molar-refractivity contribution in [2.24, 2.45) is 0 Å². The van der Waals surface area contributed by atoms with Crippen molar-refractivity contribution < 1.29 is 37.1 Å². The van der Waals surface area contributed by atoms with Gasteiger partial charge in [-0.05, 0) is 11.6 Å². The quantitative estimate of drug-likeness (QED) is 0.673. The summed E-state index contributed by atoms with van der Waals surface area (Å²) in [6.07, 6.45) is 4.65. The molecule has 0 unspecified atom stereocenters. The molecule has 0 aliphatic rings. The van der Waals surface area contributed by atoms with Gasteiger partial charge in [0, 0.05) is 32.7 Å². The van der Waals surface area contributed by atoms with Gasteiger partial charge in [-0.2, -0.15) is 26.0 Å². The molecule has 1 aromatic carbocycles. The molecule has 0 atom stereocenters. The van der Waals surface area contributed by atoms with Gasteiger partial charge in [0.15, 0.2) is 0 Å². The van der Waals surface area contributed by atoms with Crippen LogP contribution >= 0.6 is 0 Å². The van der Waals surface area contributed by atoms with Crippen molar-refractivity contribution in [1.82, 2.24) is 4.98 Å². The van der Waals surface area contributed by atoms with E-state index in [0.717, 1.165) is 5.39 Å². The van der Waals surface area contributed by atoms with E-state index in [9.17, 15) is 4.39 Å². The summed E-state index contributed by atoms with van der Waals surface area (Å²) >= 11 is 0. The van der Waals surface area contributed by atoms with Crippen molar-refractivity contribution in [3.05, 3.63) is 48.8 Å². The molecule has 0 N–H and O–H groups in total. The van der Waals surface area contributed by atoms with Crippen LogP contribution in [-0.2, 0) is 32.7 Å². The van der Waals surface area contributed by atoms with E-state index in [2.05, 4.69) is 11.2 Å². The summed E-state index contributed by atoms with van der Waals surface area (Å²) < 4.78 is 12.6. The van der Waals surface area contributed by atoms with E-state index in [4.69, 9.17) is 0 Å². The zero-order valence-electron chi connectivity index (χ0n) is 8.87. The summed E-state index contributed by atoms with van der Waals surface area (Å²) in [6, 6.07) is 8.07. The Kier molecular flexibility index (Phi) is 7.71. The first kappa shape index (κ1) is 14.7. The molecule has 1 aromatic heterocycles. The van der Waals surface area contributed by atoms with E-state index < -0.39 is 0 Å². The SMILES string of the molecule is C[CH-]C.Fc1ccc2cc[c-]nc2c1.[Y]. The first-order chi connectivity index (χ1) is 6.77. The predicted molar refractivity (Wildman–Crippen MR) is 56.2 cm³/mol. The Morgan fingerprint density at radius 3 is 2.60 bits per heavy atom. The smallest absolute Gasteiger partial charge is 0.113 e. The van der Waals surface area contributed by atoms with Crippen molar-refractivity contribution in [2.75, 3.05) is 0 Å². The van der Waals surface area contributed by atoms with Crippen LogP contribution in [-0.4, -0.2) is 4.98 Å². The van der Waals surface area contributed by atoms with Gasteiger partial charge >= 0.3 is 0 Å². The van der Waals surface area contributed by atoms with Crippen LogP contribution in [0, 0.1) is 18.4 Å². The van der Waals surface area contributed by atoms with E-state index in [1.165, 1.54) is 12.1 Å². The van der Waals surface area contributed by atoms with Crippen LogP contribution in [0.4, 0.5) is 4.39 Å². The third kappa shape index (κ3) is 4.81. The number of pyridine rings is 1. The second kappa shape index (κ2) is 7.89. The van der Waals surface area contributed by atoms with Gasteiger partial charge < -0.3 is 11.4 Å². The first-order valence-corrected chi connectivity index (χ1v) is 4.44. The zero-order chi connectivity index (χ0) is 10.4. The minimum Gasteiger partial charge on any atom is -0.386 e. The Hall–Kier alpha value is -0.336. The summed E-state index contributed by atoms with van der Waals surface area (Å²) in [5, 5.41) is 0.935. The fourth-order valence-electron chi connectivity index (χ4n) is 0.988. The van der Waals surface area contributed by atoms with E-state index in [-0.39, 0.29) is 38.5 Å². The molecule has 0 amide bonds. The first-order valence-electron chi connectivity index (χ1n) is 4.44. The number of halogens is 1. The van der Waals surface area contributed by atoms with Gasteiger partial charge in [0.05, 0.1) is 0 Å². The van der Waals surface area contributed by atoms with Crippen LogP contribution < -0.4 is 0 Å². The molecule has 2 aromatic rings. The molecule has 0 bridgehead atoms. The molecule has 0 aliphatic heterocycles. The molecule has 1 radical (unpaired) electrons. The van der Waals surface area contributed by atoms with Crippen molar-refractivity contribution in [3.63, 3.8) is 0 Å². The average Bonchev–Trinajstić information content (AvgIpc) is 2.19. The van der Waals surface area contributed by atoms with Gasteiger partial charge in [0.25, 0.3) is 0 Å². The predicted octanol–water partition coefficient (Wildman–Crippen LogP) is 3.40. The normalized spacial score (nSPS) is 8.73. The summed E-state index contributed by atoms with van der Waals surface area (Å²) in [5.41, 5.74) is 0.646. The molecule has 0 aliphatic carbocycles. The van der Waals surface area contributed by atoms with Crippen molar-refractivity contribution in [3.8, 4) is 0 Å². The molecule has 77 valence electrons. The molecule has 0 saturated carbocycles. The molecule has 1 nitrogen and oxygen atoms in total. The van der Waals surface area contributed by atoms with Crippen molar-refractivity contribution in [2.45, 2.75) is 13.8 Å². The third-order valence-electron chi connectivity index (χ3n) is 1.51. The number of rotatable bonds is 0. The minimum absolute atomic E-state index is 0. The van der Waals surface area contributed by atoms with Gasteiger partial charge in [-0.1, -0.05) is 18.3 Å². The van der Waals surface area contributed by atoms with Gasteiger partial charge in [0.1, 0.15) is 5.82 Å². The summed E-state index contributed by atoms with van der Waals surface area (Å²) in [7, 11) is 0. The minimum atomic E-state index is -0.260. The van der Waals surface area contributed by atoms with Gasteiger partial charge in [-0.3, -0.25) is 0 Å². The number of nitrogens with zero attached hydrogens (tertiary/aromatic N) is 1. The monoisotopic (exact) mass is 278 g/mol. The van der Waals surface area contributed by atoms with Crippen LogP contribution in [0.15, 0.2) is 30.3 Å². The molecular formula is C12H12FNY-2. The van der Waals surface area contributed by atoms with Gasteiger partial charge in [-0.25, -0.2) is 4.39 Å². The molecular weight excluding hydrogens is 266 g/mol. The Bertz CT molecular complexity index is 403. The van der Waals surface area contributed by atoms with E-state index in [1.54, 1.807) is 12.1 Å². The number of fused-ring (bicyclic) bond motifs is 1. The largest absolute Gasteiger partial charge is 0.386 e. The molecule has 0 fully saturated rings. The maximum atomic E-state index is 12.6. The molecule has 0 spiro atoms. The maximum absolute atomic E-state index is 12.6. The Labute approximate surface area is 115 Å². The van der Waals surface area contributed by atoms with Crippen molar-refractivity contribution in [1.29, 1.82) is 0 Å². The topological polar surface area (TPSA) is 12.9 Å². The van der Waals surface area contributed by atoms with E-state index in [1.807, 2.05) is 26.3 Å². The van der Waals surface area contributed by atoms with Crippen LogP contribution in [0.1, 0.15) is 13.8 Å². The molecule has 1 heterocycles. The van der Waals surface area contributed by atoms with Crippen LogP contribution in [0.3, 0.4) is 0 Å². The zero-order valence-corrected chi connectivity index (χ0v) is 11.7. The van der Waals surface area contributed by atoms with E-state index >= 15 is 0 Å². The molecule has 0 saturated heterocycles. The van der Waals surface area contributed by atoms with Gasteiger partial charge in [0.2, 0.25) is 0 Å². The average molecular weight is 278 g/mol. The Morgan fingerprint density at radius 2 is 1.93 bits per heavy atom. The number of hydrogen-bond acceptors (Lipinski definition) is 1. The third-order valence-corrected chi connectivity index (χ3v) is 1.51. The van der Waals surface area contributed by atoms with Gasteiger partial charge in [-0.15, -0.1) is 5.39 Å². The number of benzene rings is 1. The van der Waals surface area contributed by atoms with Crippen LogP contribution in [0.5, 0.6) is 0 Å². The Balaban J connectivity index is 0.000000443. The van der Waals surface area contributed by atoms with Crippen LogP contribution in [0.2, 0.25) is 0 Å². The van der Waals surface area contributed by atoms with E-state index in [0.29, 0.717) is 5.52 Å². The fourth-order valence-corrected chi connectivity index (χ4v) is 0.988. The summed E-state index contributed by atoms with van der Waals surface area (Å²) in [5.74, 6) is -0.260. The second-order valence-electron chi connectivity index (χ2n) is 2.85. The molecule has 2 rings (SSSR count). The number of aromatic nitrogens is 1. The van der Waals surface area contributed by atoms with Crippen molar-refractivity contribution >= 4 is 10.9 Å². The maximum Gasteiger partial charge on any atom is 0.113 e. The molecule has 15 heavy (non-hydrogen) atoms. The fraction of sp³-hybridized carbons (Fsp3) is 0.167. The Morgan fingerprint density at radius 1 is 1.27 bits per heavy atom. The summed E-state index contributed by atoms with van der Waals surface area (Å²) in [4.78, 5) is 3.88. The second-order valence-corrected chi connectivity index (χ2v) is 2.85. The summed E-state index contributed by atoms with van der Waals surface area (Å²) in [6.45, 7) is 4.00. The van der Waals surface area contributed by atoms with Crippen LogP contribution in [0.25, 0.3) is 10.9 Å². The molecule has 3 heteroatoms.